The van der Waals surface area contributed by atoms with Crippen molar-refractivity contribution in [3.05, 3.63) is 52.5 Å². The summed E-state index contributed by atoms with van der Waals surface area (Å²) in [5.74, 6) is 0.334. The summed E-state index contributed by atoms with van der Waals surface area (Å²) in [6, 6.07) is 10.2. The van der Waals surface area contributed by atoms with Gasteiger partial charge in [0.25, 0.3) is 10.0 Å². The molecule has 0 amide bonds. The third-order valence-electron chi connectivity index (χ3n) is 3.20. The maximum Gasteiger partial charge on any atom is 0.265 e. The molecule has 0 aliphatic rings. The molecule has 0 atom stereocenters. The van der Waals surface area contributed by atoms with Crippen molar-refractivity contribution in [1.29, 1.82) is 0 Å². The summed E-state index contributed by atoms with van der Waals surface area (Å²) in [5.41, 5.74) is 1.97. The number of rotatable bonds is 5. The van der Waals surface area contributed by atoms with Crippen LogP contribution in [0.5, 0.6) is 5.75 Å². The van der Waals surface area contributed by atoms with Crippen LogP contribution < -0.4 is 9.46 Å². The molecule has 2 aromatic rings. The van der Waals surface area contributed by atoms with E-state index >= 15 is 0 Å². The quantitative estimate of drug-likeness (QED) is 0.890. The van der Waals surface area contributed by atoms with Crippen molar-refractivity contribution in [2.45, 2.75) is 25.7 Å². The lowest BCUT2D eigenvalue weighted by molar-refractivity contribution is 0.331. The summed E-state index contributed by atoms with van der Waals surface area (Å²) >= 11 is 6.04. The summed E-state index contributed by atoms with van der Waals surface area (Å²) in [4.78, 5) is 0.119. The number of nitrogens with one attached hydrogen (secondary N) is 1. The van der Waals surface area contributed by atoms with E-state index in [1.165, 1.54) is 0 Å². The van der Waals surface area contributed by atoms with Crippen molar-refractivity contribution in [3.8, 4) is 5.75 Å². The molecule has 2 aromatic carbocycles. The first-order valence-corrected chi connectivity index (χ1v) is 8.72. The van der Waals surface area contributed by atoms with E-state index in [1.54, 1.807) is 37.3 Å². The normalized spacial score (nSPS) is 11.3. The zero-order valence-corrected chi connectivity index (χ0v) is 14.3. The molecule has 0 saturated heterocycles. The topological polar surface area (TPSA) is 55.4 Å². The van der Waals surface area contributed by atoms with Gasteiger partial charge in [0, 0.05) is 5.02 Å². The zero-order valence-electron chi connectivity index (χ0n) is 12.7. The molecule has 0 heterocycles. The van der Waals surface area contributed by atoms with E-state index in [-0.39, 0.29) is 4.90 Å². The van der Waals surface area contributed by atoms with Gasteiger partial charge in [-0.25, -0.2) is 8.42 Å². The van der Waals surface area contributed by atoms with Gasteiger partial charge in [-0.2, -0.15) is 0 Å². The Morgan fingerprint density at radius 2 is 1.91 bits per heavy atom. The van der Waals surface area contributed by atoms with Gasteiger partial charge in [0.15, 0.2) is 0 Å². The average molecular weight is 340 g/mol. The highest BCUT2D eigenvalue weighted by atomic mass is 35.5. The summed E-state index contributed by atoms with van der Waals surface area (Å²) in [6.45, 7) is 5.80. The Morgan fingerprint density at radius 3 is 2.59 bits per heavy atom. The van der Waals surface area contributed by atoms with Gasteiger partial charge in [0.2, 0.25) is 0 Å². The molecule has 6 heteroatoms. The Kier molecular flexibility index (Phi) is 4.98. The fourth-order valence-electron chi connectivity index (χ4n) is 2.02. The molecule has 0 aliphatic carbocycles. The molecule has 0 bridgehead atoms. The summed E-state index contributed by atoms with van der Waals surface area (Å²) in [7, 11) is -3.76. The van der Waals surface area contributed by atoms with Crippen LogP contribution in [0.1, 0.15) is 18.1 Å². The first-order valence-electron chi connectivity index (χ1n) is 6.86. The van der Waals surface area contributed by atoms with Crippen LogP contribution in [-0.2, 0) is 10.0 Å². The van der Waals surface area contributed by atoms with Crippen LogP contribution >= 0.6 is 11.6 Å². The maximum absolute atomic E-state index is 12.7. The third kappa shape index (κ3) is 3.54. The molecule has 22 heavy (non-hydrogen) atoms. The van der Waals surface area contributed by atoms with Crippen molar-refractivity contribution in [2.24, 2.45) is 0 Å². The number of aryl methyl sites for hydroxylation is 1. The summed E-state index contributed by atoms with van der Waals surface area (Å²) in [6.07, 6.45) is 0. The molecule has 0 radical (unpaired) electrons. The van der Waals surface area contributed by atoms with Crippen LogP contribution in [0.4, 0.5) is 5.69 Å². The minimum atomic E-state index is -3.76. The molecule has 0 spiro atoms. The second kappa shape index (κ2) is 6.58. The Balaban J connectivity index is 2.47. The highest BCUT2D eigenvalue weighted by Gasteiger charge is 2.21. The minimum absolute atomic E-state index is 0.119. The Morgan fingerprint density at radius 1 is 1.18 bits per heavy atom. The van der Waals surface area contributed by atoms with Gasteiger partial charge in [-0.05, 0) is 56.2 Å². The molecule has 1 N–H and O–H groups in total. The van der Waals surface area contributed by atoms with Crippen LogP contribution in [0.25, 0.3) is 0 Å². The number of hydrogen-bond donors (Lipinski definition) is 1. The smallest absolute Gasteiger partial charge is 0.265 e. The number of halogens is 1. The number of hydrogen-bond acceptors (Lipinski definition) is 3. The number of benzene rings is 2. The Hall–Kier alpha value is -1.72. The van der Waals surface area contributed by atoms with Crippen LogP contribution in [-0.4, -0.2) is 15.0 Å². The lowest BCUT2D eigenvalue weighted by atomic mass is 10.2. The molecule has 0 aliphatic heterocycles. The lowest BCUT2D eigenvalue weighted by Gasteiger charge is -2.15. The molecule has 0 fully saturated rings. The van der Waals surface area contributed by atoms with Gasteiger partial charge in [-0.3, -0.25) is 4.72 Å². The second-order valence-corrected chi connectivity index (χ2v) is 6.96. The first-order chi connectivity index (χ1) is 10.3. The highest BCUT2D eigenvalue weighted by molar-refractivity contribution is 7.92. The molecular formula is C16H18ClNO3S. The molecule has 4 nitrogen and oxygen atoms in total. The van der Waals surface area contributed by atoms with Crippen molar-refractivity contribution in [1.82, 2.24) is 0 Å². The number of anilines is 1. The van der Waals surface area contributed by atoms with E-state index in [4.69, 9.17) is 16.3 Å². The highest BCUT2D eigenvalue weighted by Crippen LogP contribution is 2.29. The fraction of sp³-hybridized carbons (Fsp3) is 0.250. The molecule has 0 unspecified atom stereocenters. The van der Waals surface area contributed by atoms with Crippen molar-refractivity contribution < 1.29 is 13.2 Å². The minimum Gasteiger partial charge on any atom is -0.492 e. The molecule has 0 aromatic heterocycles. The summed E-state index contributed by atoms with van der Waals surface area (Å²) < 4.78 is 33.4. The molecule has 0 saturated carbocycles. The van der Waals surface area contributed by atoms with Gasteiger partial charge in [0.1, 0.15) is 10.6 Å². The lowest BCUT2D eigenvalue weighted by Crippen LogP contribution is -2.15. The maximum atomic E-state index is 12.7. The predicted octanol–water partition coefficient (Wildman–Crippen LogP) is 4.16. The standard InChI is InChI=1S/C16H18ClNO3S/c1-4-21-15-9-8-11(2)10-16(15)22(19,20)18-14-7-5-6-13(17)12(14)3/h5-10,18H,4H2,1-3H3. The Bertz CT molecular complexity index is 788. The van der Waals surface area contributed by atoms with Gasteiger partial charge < -0.3 is 4.74 Å². The van der Waals surface area contributed by atoms with Crippen molar-refractivity contribution in [2.75, 3.05) is 11.3 Å². The zero-order chi connectivity index (χ0) is 16.3. The fourth-order valence-corrected chi connectivity index (χ4v) is 3.55. The largest absolute Gasteiger partial charge is 0.492 e. The van der Waals surface area contributed by atoms with Crippen LogP contribution in [0, 0.1) is 13.8 Å². The van der Waals surface area contributed by atoms with E-state index in [2.05, 4.69) is 4.72 Å². The monoisotopic (exact) mass is 339 g/mol. The van der Waals surface area contributed by atoms with Gasteiger partial charge in [-0.1, -0.05) is 23.7 Å². The van der Waals surface area contributed by atoms with E-state index in [0.29, 0.717) is 28.6 Å². The van der Waals surface area contributed by atoms with E-state index in [0.717, 1.165) is 5.56 Å². The SMILES string of the molecule is CCOc1ccc(C)cc1S(=O)(=O)Nc1cccc(Cl)c1C. The number of sulfonamides is 1. The first kappa shape index (κ1) is 16.6. The van der Waals surface area contributed by atoms with Crippen LogP contribution in [0.2, 0.25) is 5.02 Å². The van der Waals surface area contributed by atoms with E-state index in [1.807, 2.05) is 19.9 Å². The van der Waals surface area contributed by atoms with E-state index in [9.17, 15) is 8.42 Å². The van der Waals surface area contributed by atoms with Crippen LogP contribution in [0.3, 0.4) is 0 Å². The molecule has 2 rings (SSSR count). The second-order valence-electron chi connectivity index (χ2n) is 4.90. The van der Waals surface area contributed by atoms with Crippen LogP contribution in [0.15, 0.2) is 41.3 Å². The molecular weight excluding hydrogens is 322 g/mol. The van der Waals surface area contributed by atoms with Crippen molar-refractivity contribution in [3.63, 3.8) is 0 Å². The van der Waals surface area contributed by atoms with Crippen molar-refractivity contribution >= 4 is 27.3 Å². The third-order valence-corrected chi connectivity index (χ3v) is 5.00. The van der Waals surface area contributed by atoms with Gasteiger partial charge in [0.05, 0.1) is 12.3 Å². The Labute approximate surface area is 136 Å². The molecule has 118 valence electrons. The van der Waals surface area contributed by atoms with Gasteiger partial charge in [-0.15, -0.1) is 0 Å². The number of ether oxygens (including phenoxy) is 1. The van der Waals surface area contributed by atoms with E-state index < -0.39 is 10.0 Å². The van der Waals surface area contributed by atoms with Gasteiger partial charge >= 0.3 is 0 Å². The predicted molar refractivity (Wildman–Crippen MR) is 89.3 cm³/mol. The summed E-state index contributed by atoms with van der Waals surface area (Å²) in [5, 5.41) is 0.509. The average Bonchev–Trinajstić information content (AvgIpc) is 2.46.